The maximum Gasteiger partial charge on any atom is 0.573 e. The first-order chi connectivity index (χ1) is 11.4. The Kier molecular flexibility index (Phi) is 8.53. The van der Waals surface area contributed by atoms with E-state index < -0.39 is 6.36 Å². The maximum absolute atomic E-state index is 12.1. The molecule has 2 aromatic rings. The normalized spacial score (nSPS) is 11.6. The highest BCUT2D eigenvalue weighted by Crippen LogP contribution is 2.23. The predicted molar refractivity (Wildman–Crippen MR) is 103 cm³/mol. The Labute approximate surface area is 161 Å². The summed E-state index contributed by atoms with van der Waals surface area (Å²) in [6.45, 7) is 0.559. The van der Waals surface area contributed by atoms with E-state index in [-0.39, 0.29) is 35.7 Å². The lowest BCUT2D eigenvalue weighted by Crippen LogP contribution is -2.23. The highest BCUT2D eigenvalue weighted by molar-refractivity contribution is 14.0. The highest BCUT2D eigenvalue weighted by atomic mass is 127. The van der Waals surface area contributed by atoms with Gasteiger partial charge in [0, 0.05) is 12.2 Å². The molecule has 25 heavy (non-hydrogen) atoms. The largest absolute Gasteiger partial charge is 0.573 e. The van der Waals surface area contributed by atoms with E-state index in [0.717, 1.165) is 12.8 Å². The lowest BCUT2D eigenvalue weighted by molar-refractivity contribution is -0.274. The fraction of sp³-hybridized carbons (Fsp3) is 0.235. The smallest absolute Gasteiger partial charge is 0.406 e. The molecule has 0 heterocycles. The number of aryl methyl sites for hydroxylation is 1. The molecule has 2 rings (SSSR count). The third-order valence-corrected chi connectivity index (χ3v) is 3.11. The van der Waals surface area contributed by atoms with Crippen LogP contribution in [0.1, 0.15) is 12.0 Å². The molecule has 0 aliphatic heterocycles. The minimum absolute atomic E-state index is 0. The monoisotopic (exact) mass is 465 g/mol. The molecular formula is C17H19F3IN3O. The quantitative estimate of drug-likeness (QED) is 0.285. The van der Waals surface area contributed by atoms with E-state index in [1.54, 1.807) is 0 Å². The zero-order chi connectivity index (χ0) is 17.4. The van der Waals surface area contributed by atoms with E-state index in [1.807, 2.05) is 18.2 Å². The van der Waals surface area contributed by atoms with Crippen molar-refractivity contribution >= 4 is 35.6 Å². The molecule has 0 spiro atoms. The van der Waals surface area contributed by atoms with Crippen molar-refractivity contribution in [3.63, 3.8) is 0 Å². The number of aliphatic imine (C=N–C) groups is 1. The second kappa shape index (κ2) is 10.1. The van der Waals surface area contributed by atoms with Crippen LogP contribution in [0.4, 0.5) is 18.9 Å². The number of rotatable bonds is 6. The number of benzene rings is 2. The number of hydrogen-bond acceptors (Lipinski definition) is 2. The van der Waals surface area contributed by atoms with E-state index >= 15 is 0 Å². The molecule has 3 N–H and O–H groups in total. The van der Waals surface area contributed by atoms with Gasteiger partial charge < -0.3 is 15.8 Å². The molecular weight excluding hydrogens is 446 g/mol. The second-order valence-corrected chi connectivity index (χ2v) is 5.05. The second-order valence-electron chi connectivity index (χ2n) is 5.05. The van der Waals surface area contributed by atoms with Gasteiger partial charge in [0.25, 0.3) is 0 Å². The number of nitrogens with zero attached hydrogens (tertiary/aromatic N) is 1. The van der Waals surface area contributed by atoms with Crippen molar-refractivity contribution in [3.8, 4) is 5.75 Å². The predicted octanol–water partition coefficient (Wildman–Crippen LogP) is 4.56. The topological polar surface area (TPSA) is 59.6 Å². The number of ether oxygens (including phenoxy) is 1. The number of anilines is 1. The fourth-order valence-corrected chi connectivity index (χ4v) is 2.05. The van der Waals surface area contributed by atoms with Gasteiger partial charge >= 0.3 is 6.36 Å². The summed E-state index contributed by atoms with van der Waals surface area (Å²) < 4.78 is 40.0. The van der Waals surface area contributed by atoms with Crippen LogP contribution in [0.3, 0.4) is 0 Å². The highest BCUT2D eigenvalue weighted by Gasteiger charge is 2.30. The van der Waals surface area contributed by atoms with Gasteiger partial charge in [-0.15, -0.1) is 37.1 Å². The third-order valence-electron chi connectivity index (χ3n) is 3.11. The summed E-state index contributed by atoms with van der Waals surface area (Å²) in [7, 11) is 0. The Balaban J connectivity index is 0.00000312. The lowest BCUT2D eigenvalue weighted by Gasteiger charge is -2.10. The molecule has 0 radical (unpaired) electrons. The lowest BCUT2D eigenvalue weighted by atomic mass is 10.1. The number of guanidine groups is 1. The first kappa shape index (κ1) is 21.1. The molecule has 8 heteroatoms. The van der Waals surface area contributed by atoms with E-state index in [1.165, 1.54) is 29.8 Å². The molecule has 2 aromatic carbocycles. The number of hydrogen-bond donors (Lipinski definition) is 2. The van der Waals surface area contributed by atoms with Crippen LogP contribution < -0.4 is 15.8 Å². The van der Waals surface area contributed by atoms with E-state index in [2.05, 4.69) is 27.2 Å². The van der Waals surface area contributed by atoms with Crippen molar-refractivity contribution in [2.24, 2.45) is 10.7 Å². The molecule has 0 aliphatic carbocycles. The Morgan fingerprint density at radius 2 is 1.68 bits per heavy atom. The van der Waals surface area contributed by atoms with Gasteiger partial charge in [0.1, 0.15) is 5.75 Å². The van der Waals surface area contributed by atoms with Crippen LogP contribution in [0.25, 0.3) is 0 Å². The first-order valence-electron chi connectivity index (χ1n) is 7.39. The molecule has 0 saturated carbocycles. The van der Waals surface area contributed by atoms with Crippen LogP contribution in [-0.4, -0.2) is 18.9 Å². The Hall–Kier alpha value is -1.97. The number of nitrogens with one attached hydrogen (secondary N) is 1. The molecule has 0 fully saturated rings. The molecule has 0 atom stereocenters. The van der Waals surface area contributed by atoms with Crippen LogP contribution in [-0.2, 0) is 6.42 Å². The summed E-state index contributed by atoms with van der Waals surface area (Å²) in [5.74, 6) is -0.0704. The first-order valence-corrected chi connectivity index (χ1v) is 7.39. The van der Waals surface area contributed by atoms with Crippen molar-refractivity contribution in [3.05, 3.63) is 60.2 Å². The van der Waals surface area contributed by atoms with Gasteiger partial charge in [0.05, 0.1) is 0 Å². The number of halogens is 4. The molecule has 0 saturated heterocycles. The van der Waals surface area contributed by atoms with E-state index in [0.29, 0.717) is 12.2 Å². The Morgan fingerprint density at radius 3 is 2.28 bits per heavy atom. The number of nitrogens with two attached hydrogens (primary N) is 1. The minimum atomic E-state index is -4.70. The van der Waals surface area contributed by atoms with Crippen molar-refractivity contribution < 1.29 is 17.9 Å². The van der Waals surface area contributed by atoms with Crippen LogP contribution in [0.15, 0.2) is 59.6 Å². The van der Waals surface area contributed by atoms with Gasteiger partial charge in [-0.3, -0.25) is 4.99 Å². The third kappa shape index (κ3) is 8.62. The van der Waals surface area contributed by atoms with Gasteiger partial charge in [-0.2, -0.15) is 0 Å². The van der Waals surface area contributed by atoms with Crippen LogP contribution >= 0.6 is 24.0 Å². The summed E-state index contributed by atoms with van der Waals surface area (Å²) >= 11 is 0. The van der Waals surface area contributed by atoms with Crippen LogP contribution in [0, 0.1) is 0 Å². The van der Waals surface area contributed by atoms with Crippen LogP contribution in [0.5, 0.6) is 5.75 Å². The van der Waals surface area contributed by atoms with E-state index in [4.69, 9.17) is 5.73 Å². The summed E-state index contributed by atoms with van der Waals surface area (Å²) in [4.78, 5) is 4.19. The summed E-state index contributed by atoms with van der Waals surface area (Å²) in [6.07, 6.45) is -2.94. The number of alkyl halides is 3. The fourth-order valence-electron chi connectivity index (χ4n) is 2.05. The molecule has 0 amide bonds. The van der Waals surface area contributed by atoms with Crippen molar-refractivity contribution in [2.75, 3.05) is 11.9 Å². The van der Waals surface area contributed by atoms with Crippen molar-refractivity contribution in [2.45, 2.75) is 19.2 Å². The Morgan fingerprint density at radius 1 is 1.04 bits per heavy atom. The van der Waals surface area contributed by atoms with Crippen LogP contribution in [0.2, 0.25) is 0 Å². The molecule has 0 aliphatic rings. The van der Waals surface area contributed by atoms with Gasteiger partial charge in [-0.05, 0) is 42.7 Å². The molecule has 0 unspecified atom stereocenters. The Bertz CT molecular complexity index is 661. The standard InChI is InChI=1S/C17H18F3N3O.HI/c18-17(19,20)24-15-10-8-14(9-11-15)23-16(21)22-12-4-7-13-5-2-1-3-6-13;/h1-3,5-6,8-11H,4,7,12H2,(H3,21,22,23);1H. The van der Waals surface area contributed by atoms with E-state index in [9.17, 15) is 13.2 Å². The van der Waals surface area contributed by atoms with Crippen molar-refractivity contribution in [1.29, 1.82) is 0 Å². The average molecular weight is 465 g/mol. The summed E-state index contributed by atoms with van der Waals surface area (Å²) in [5, 5.41) is 2.82. The molecule has 0 aromatic heterocycles. The maximum atomic E-state index is 12.1. The van der Waals surface area contributed by atoms with Gasteiger partial charge in [0.15, 0.2) is 5.96 Å². The van der Waals surface area contributed by atoms with Gasteiger partial charge in [0.2, 0.25) is 0 Å². The van der Waals surface area contributed by atoms with Crippen molar-refractivity contribution in [1.82, 2.24) is 0 Å². The SMILES string of the molecule is I.NC(=NCCCc1ccccc1)Nc1ccc(OC(F)(F)F)cc1. The van der Waals surface area contributed by atoms with Gasteiger partial charge in [-0.1, -0.05) is 30.3 Å². The molecule has 4 nitrogen and oxygen atoms in total. The zero-order valence-electron chi connectivity index (χ0n) is 13.3. The summed E-state index contributed by atoms with van der Waals surface area (Å²) in [5.41, 5.74) is 7.52. The zero-order valence-corrected chi connectivity index (χ0v) is 15.6. The minimum Gasteiger partial charge on any atom is -0.406 e. The summed E-state index contributed by atoms with van der Waals surface area (Å²) in [6, 6.07) is 15.3. The van der Waals surface area contributed by atoms with Gasteiger partial charge in [-0.25, -0.2) is 0 Å². The molecule has 0 bridgehead atoms. The average Bonchev–Trinajstić information content (AvgIpc) is 2.53. The molecule has 136 valence electrons.